The van der Waals surface area contributed by atoms with Crippen molar-refractivity contribution in [2.75, 3.05) is 0 Å². The first-order valence-electron chi connectivity index (χ1n) is 4.59. The van der Waals surface area contributed by atoms with Gasteiger partial charge in [-0.05, 0) is 5.56 Å². The van der Waals surface area contributed by atoms with Crippen molar-refractivity contribution in [3.8, 4) is 0 Å². The van der Waals surface area contributed by atoms with Crippen LogP contribution in [0.5, 0.6) is 0 Å². The maximum absolute atomic E-state index is 4.33. The van der Waals surface area contributed by atoms with Gasteiger partial charge >= 0.3 is 0 Å². The van der Waals surface area contributed by atoms with Crippen LogP contribution in [0.2, 0.25) is 6.82 Å². The van der Waals surface area contributed by atoms with Crippen molar-refractivity contribution in [1.29, 1.82) is 0 Å². The van der Waals surface area contributed by atoms with Gasteiger partial charge in [-0.25, -0.2) is 0 Å². The Labute approximate surface area is 83.3 Å². The molecule has 0 bridgehead atoms. The minimum atomic E-state index is 1.03. The lowest BCUT2D eigenvalue weighted by molar-refractivity contribution is 1.42. The first-order chi connectivity index (χ1) is 6.36. The average Bonchev–Trinajstić information content (AvgIpc) is 2.64. The van der Waals surface area contributed by atoms with Gasteiger partial charge in [-0.3, -0.25) is 0 Å². The van der Waals surface area contributed by atoms with Gasteiger partial charge in [0.1, 0.15) is 13.4 Å². The summed E-state index contributed by atoms with van der Waals surface area (Å²) in [5, 5.41) is 0. The van der Waals surface area contributed by atoms with E-state index in [0.29, 0.717) is 0 Å². The minimum absolute atomic E-state index is 1.03. The molecule has 0 radical (unpaired) electrons. The van der Waals surface area contributed by atoms with Crippen molar-refractivity contribution in [1.82, 2.24) is 8.75 Å². The van der Waals surface area contributed by atoms with Gasteiger partial charge in [-0.2, -0.15) is 8.75 Å². The summed E-state index contributed by atoms with van der Waals surface area (Å²) in [6.45, 7) is 2.15. The molecule has 0 saturated carbocycles. The molecule has 0 aliphatic heterocycles. The third-order valence-electron chi connectivity index (χ3n) is 2.34. The van der Waals surface area contributed by atoms with E-state index in [4.69, 9.17) is 0 Å². The normalized spacial score (nSPS) is 10.5. The predicted octanol–water partition coefficient (Wildman–Crippen LogP) is -0.0657. The van der Waals surface area contributed by atoms with Crippen molar-refractivity contribution in [3.05, 3.63) is 17.7 Å². The number of fused-ring (bicyclic) bond motifs is 1. The molecule has 2 nitrogen and oxygen atoms in total. The van der Waals surface area contributed by atoms with Gasteiger partial charge in [0.25, 0.3) is 0 Å². The smallest absolute Gasteiger partial charge is 0.157 e. The van der Waals surface area contributed by atoms with E-state index < -0.39 is 0 Å². The number of rotatable bonds is 2. The zero-order valence-electron chi connectivity index (χ0n) is 7.87. The van der Waals surface area contributed by atoms with Crippen LogP contribution in [-0.4, -0.2) is 23.9 Å². The first-order valence-corrected chi connectivity index (χ1v) is 5.32. The molecule has 2 aromatic rings. The molecular formula is C8H10B2N2S. The van der Waals surface area contributed by atoms with Crippen molar-refractivity contribution < 1.29 is 0 Å². The van der Waals surface area contributed by atoms with E-state index >= 15 is 0 Å². The Kier molecular flexibility index (Phi) is 2.36. The van der Waals surface area contributed by atoms with Crippen LogP contribution >= 0.6 is 11.7 Å². The summed E-state index contributed by atoms with van der Waals surface area (Å²) in [6.07, 6.45) is 1.03. The summed E-state index contributed by atoms with van der Waals surface area (Å²) < 4.78 is 8.66. The van der Waals surface area contributed by atoms with Gasteiger partial charge in [0.15, 0.2) is 7.28 Å². The quantitative estimate of drug-likeness (QED) is 0.616. The molecule has 0 N–H and O–H groups in total. The molecule has 64 valence electrons. The lowest BCUT2D eigenvalue weighted by Gasteiger charge is -2.00. The number of nitrogens with zero attached hydrogens (tertiary/aromatic N) is 2. The van der Waals surface area contributed by atoms with Gasteiger partial charge in [-0.15, -0.1) is 0 Å². The van der Waals surface area contributed by atoms with Crippen LogP contribution in [-0.2, 0) is 6.32 Å². The van der Waals surface area contributed by atoms with Crippen molar-refractivity contribution >= 4 is 43.4 Å². The summed E-state index contributed by atoms with van der Waals surface area (Å²) >= 11 is 1.31. The highest BCUT2D eigenvalue weighted by atomic mass is 32.1. The van der Waals surface area contributed by atoms with Gasteiger partial charge < -0.3 is 0 Å². The van der Waals surface area contributed by atoms with E-state index in [-0.39, 0.29) is 0 Å². The largest absolute Gasteiger partial charge is 0.174 e. The molecule has 2 rings (SSSR count). The topological polar surface area (TPSA) is 25.8 Å². The molecule has 1 aromatic carbocycles. The van der Waals surface area contributed by atoms with Crippen LogP contribution in [0, 0.1) is 0 Å². The second-order valence-corrected chi connectivity index (χ2v) is 3.58. The van der Waals surface area contributed by atoms with Crippen LogP contribution in [0.25, 0.3) is 11.0 Å². The van der Waals surface area contributed by atoms with Crippen molar-refractivity contribution in [2.24, 2.45) is 0 Å². The Morgan fingerprint density at radius 1 is 1.38 bits per heavy atom. The third kappa shape index (κ3) is 1.37. The molecule has 0 atom stereocenters. The fourth-order valence-electron chi connectivity index (χ4n) is 1.54. The van der Waals surface area contributed by atoms with Gasteiger partial charge in [-0.1, -0.05) is 30.7 Å². The Morgan fingerprint density at radius 2 is 2.15 bits per heavy atom. The zero-order valence-corrected chi connectivity index (χ0v) is 8.69. The number of hydrogen-bond donors (Lipinski definition) is 0. The SMILES string of the molecule is BCc1ccc(BC)c2nsnc12. The molecule has 0 unspecified atom stereocenters. The molecule has 0 saturated heterocycles. The molecule has 0 aliphatic carbocycles. The average molecular weight is 188 g/mol. The molecular weight excluding hydrogens is 178 g/mol. The van der Waals surface area contributed by atoms with E-state index in [1.165, 1.54) is 22.8 Å². The summed E-state index contributed by atoms with van der Waals surface area (Å²) in [5.41, 5.74) is 4.82. The second kappa shape index (κ2) is 3.50. The van der Waals surface area contributed by atoms with Crippen molar-refractivity contribution in [3.63, 3.8) is 0 Å². The summed E-state index contributed by atoms with van der Waals surface area (Å²) in [7, 11) is 3.19. The third-order valence-corrected chi connectivity index (χ3v) is 2.87. The molecule has 13 heavy (non-hydrogen) atoms. The Bertz CT molecular complexity index is 389. The second-order valence-electron chi connectivity index (χ2n) is 3.05. The Balaban J connectivity index is 2.74. The predicted molar refractivity (Wildman–Crippen MR) is 62.3 cm³/mol. The van der Waals surface area contributed by atoms with Crippen LogP contribution in [0.3, 0.4) is 0 Å². The monoisotopic (exact) mass is 188 g/mol. The molecule has 0 spiro atoms. The van der Waals surface area contributed by atoms with Crippen LogP contribution in [0.4, 0.5) is 0 Å². The lowest BCUT2D eigenvalue weighted by atomic mass is 9.72. The van der Waals surface area contributed by atoms with Crippen LogP contribution in [0.1, 0.15) is 5.56 Å². The lowest BCUT2D eigenvalue weighted by Crippen LogP contribution is -2.12. The van der Waals surface area contributed by atoms with E-state index in [1.54, 1.807) is 0 Å². The minimum Gasteiger partial charge on any atom is -0.174 e. The van der Waals surface area contributed by atoms with E-state index in [0.717, 1.165) is 24.6 Å². The van der Waals surface area contributed by atoms with Gasteiger partial charge in [0, 0.05) is 0 Å². The number of aromatic nitrogens is 2. The number of benzene rings is 1. The van der Waals surface area contributed by atoms with Crippen LogP contribution in [0.15, 0.2) is 12.1 Å². The number of hydrogen-bond acceptors (Lipinski definition) is 3. The first kappa shape index (κ1) is 8.75. The molecule has 0 fully saturated rings. The van der Waals surface area contributed by atoms with Crippen LogP contribution < -0.4 is 5.46 Å². The fraction of sp³-hybridized carbons (Fsp3) is 0.250. The Hall–Kier alpha value is -0.830. The van der Waals surface area contributed by atoms with Crippen molar-refractivity contribution in [2.45, 2.75) is 13.1 Å². The summed E-state index contributed by atoms with van der Waals surface area (Å²) in [6, 6.07) is 4.34. The zero-order chi connectivity index (χ0) is 9.26. The highest BCUT2D eigenvalue weighted by Gasteiger charge is 2.07. The standard InChI is InChI=1S/C8H10B2N2S/c1-10-6-3-2-5(4-9)7-8(6)12-13-11-7/h2-3,10H,4,9H2,1H3. The Morgan fingerprint density at radius 3 is 2.85 bits per heavy atom. The highest BCUT2D eigenvalue weighted by Crippen LogP contribution is 2.14. The summed E-state index contributed by atoms with van der Waals surface area (Å²) in [4.78, 5) is 0. The maximum atomic E-state index is 4.33. The molecule has 1 heterocycles. The van der Waals surface area contributed by atoms with Gasteiger partial charge in [0.2, 0.25) is 0 Å². The molecule has 5 heteroatoms. The highest BCUT2D eigenvalue weighted by molar-refractivity contribution is 7.00. The summed E-state index contributed by atoms with van der Waals surface area (Å²) in [5.74, 6) is 0. The van der Waals surface area contributed by atoms with E-state index in [1.807, 2.05) is 0 Å². The molecule has 0 aliphatic rings. The molecule has 1 aromatic heterocycles. The molecule has 0 amide bonds. The maximum Gasteiger partial charge on any atom is 0.157 e. The van der Waals surface area contributed by atoms with E-state index in [2.05, 4.69) is 35.5 Å². The van der Waals surface area contributed by atoms with E-state index in [9.17, 15) is 0 Å². The van der Waals surface area contributed by atoms with Gasteiger partial charge in [0.05, 0.1) is 17.2 Å². The fourth-order valence-corrected chi connectivity index (χ4v) is 2.15.